The molecular weight excluding hydrogens is 422 g/mol. The van der Waals surface area contributed by atoms with Crippen LogP contribution in [0.3, 0.4) is 0 Å². The van der Waals surface area contributed by atoms with Gasteiger partial charge in [-0.15, -0.1) is 0 Å². The Hall–Kier alpha value is -3.62. The SMILES string of the molecule is C[C@@H](C[C@H](NC(=O)c1ccc(-c2ccccc2Cl)cc1)C(=O)NCC#N)c1ccccc1. The molecule has 3 aromatic carbocycles. The van der Waals surface area contributed by atoms with Crippen molar-refractivity contribution < 1.29 is 9.59 Å². The Balaban J connectivity index is 1.74. The van der Waals surface area contributed by atoms with E-state index in [1.54, 1.807) is 12.1 Å². The smallest absolute Gasteiger partial charge is 0.251 e. The molecule has 0 aliphatic heterocycles. The van der Waals surface area contributed by atoms with Crippen LogP contribution in [0.15, 0.2) is 78.9 Å². The number of benzene rings is 3. The van der Waals surface area contributed by atoms with Crippen LogP contribution in [0.4, 0.5) is 0 Å². The van der Waals surface area contributed by atoms with Crippen LogP contribution in [0.1, 0.15) is 35.2 Å². The van der Waals surface area contributed by atoms with E-state index in [2.05, 4.69) is 10.6 Å². The average Bonchev–Trinajstić information content (AvgIpc) is 2.83. The number of rotatable bonds is 8. The number of halogens is 1. The Bertz CT molecular complexity index is 1110. The van der Waals surface area contributed by atoms with E-state index in [4.69, 9.17) is 16.9 Å². The second-order valence-corrected chi connectivity index (χ2v) is 7.91. The lowest BCUT2D eigenvalue weighted by Crippen LogP contribution is -2.47. The first-order valence-corrected chi connectivity index (χ1v) is 10.7. The van der Waals surface area contributed by atoms with Crippen molar-refractivity contribution in [2.45, 2.75) is 25.3 Å². The highest BCUT2D eigenvalue weighted by Crippen LogP contribution is 2.27. The van der Waals surface area contributed by atoms with Crippen LogP contribution < -0.4 is 10.6 Å². The first-order valence-electron chi connectivity index (χ1n) is 10.3. The van der Waals surface area contributed by atoms with Crippen molar-refractivity contribution >= 4 is 23.4 Å². The average molecular weight is 446 g/mol. The second-order valence-electron chi connectivity index (χ2n) is 7.51. The van der Waals surface area contributed by atoms with Gasteiger partial charge in [-0.2, -0.15) is 5.26 Å². The highest BCUT2D eigenvalue weighted by molar-refractivity contribution is 6.33. The molecule has 3 aromatic rings. The number of carbonyl (C=O) groups excluding carboxylic acids is 2. The van der Waals surface area contributed by atoms with Crippen molar-refractivity contribution in [2.24, 2.45) is 0 Å². The summed E-state index contributed by atoms with van der Waals surface area (Å²) in [5.41, 5.74) is 3.29. The van der Waals surface area contributed by atoms with Gasteiger partial charge < -0.3 is 10.6 Å². The molecule has 0 heterocycles. The molecule has 0 unspecified atom stereocenters. The van der Waals surface area contributed by atoms with E-state index >= 15 is 0 Å². The fourth-order valence-corrected chi connectivity index (χ4v) is 3.74. The summed E-state index contributed by atoms with van der Waals surface area (Å²) in [5.74, 6) is -0.694. The zero-order valence-corrected chi connectivity index (χ0v) is 18.5. The molecule has 5 nitrogen and oxygen atoms in total. The molecule has 2 amide bonds. The Morgan fingerprint density at radius 2 is 1.62 bits per heavy atom. The lowest BCUT2D eigenvalue weighted by atomic mass is 9.93. The first-order chi connectivity index (χ1) is 15.5. The topological polar surface area (TPSA) is 82.0 Å². The predicted molar refractivity (Wildman–Crippen MR) is 126 cm³/mol. The van der Waals surface area contributed by atoms with Gasteiger partial charge in [-0.3, -0.25) is 9.59 Å². The third kappa shape index (κ3) is 5.96. The minimum Gasteiger partial charge on any atom is -0.341 e. The Morgan fingerprint density at radius 1 is 0.969 bits per heavy atom. The zero-order valence-electron chi connectivity index (χ0n) is 17.7. The fourth-order valence-electron chi connectivity index (χ4n) is 3.49. The van der Waals surface area contributed by atoms with Gasteiger partial charge >= 0.3 is 0 Å². The third-order valence-corrected chi connectivity index (χ3v) is 5.58. The number of hydrogen-bond donors (Lipinski definition) is 2. The summed E-state index contributed by atoms with van der Waals surface area (Å²) < 4.78 is 0. The molecular formula is C26H24ClN3O2. The van der Waals surface area contributed by atoms with Gasteiger partial charge in [0.1, 0.15) is 12.6 Å². The Kier molecular flexibility index (Phi) is 8.02. The van der Waals surface area contributed by atoms with Crippen LogP contribution in [0.5, 0.6) is 0 Å². The maximum atomic E-state index is 12.9. The molecule has 6 heteroatoms. The van der Waals surface area contributed by atoms with E-state index in [0.717, 1.165) is 16.7 Å². The van der Waals surface area contributed by atoms with E-state index in [0.29, 0.717) is 17.0 Å². The normalized spacial score (nSPS) is 12.3. The quantitative estimate of drug-likeness (QED) is 0.482. The van der Waals surface area contributed by atoms with Crippen LogP contribution in [-0.4, -0.2) is 24.4 Å². The van der Waals surface area contributed by atoms with Crippen LogP contribution >= 0.6 is 11.6 Å². The molecule has 0 radical (unpaired) electrons. The van der Waals surface area contributed by atoms with Crippen molar-refractivity contribution in [1.82, 2.24) is 10.6 Å². The molecule has 162 valence electrons. The monoisotopic (exact) mass is 445 g/mol. The number of nitrogens with one attached hydrogen (secondary N) is 2. The van der Waals surface area contributed by atoms with Gasteiger partial charge in [0.25, 0.3) is 5.91 Å². The standard InChI is InChI=1S/C26H24ClN3O2/c1-18(19-7-3-2-4-8-19)17-24(26(32)29-16-15-28)30-25(31)21-13-11-20(12-14-21)22-9-5-6-10-23(22)27/h2-14,18,24H,16-17H2,1H3,(H,29,32)(H,30,31)/t18-,24-/m0/s1. The fraction of sp³-hybridized carbons (Fsp3) is 0.192. The molecule has 2 atom stereocenters. The van der Waals surface area contributed by atoms with Crippen LogP contribution in [0.2, 0.25) is 5.02 Å². The summed E-state index contributed by atoms with van der Waals surface area (Å²) in [4.78, 5) is 25.5. The van der Waals surface area contributed by atoms with E-state index in [9.17, 15) is 9.59 Å². The Morgan fingerprint density at radius 3 is 2.28 bits per heavy atom. The number of carbonyl (C=O) groups is 2. The highest BCUT2D eigenvalue weighted by atomic mass is 35.5. The summed E-state index contributed by atoms with van der Waals surface area (Å²) in [6, 6.07) is 25.5. The van der Waals surface area contributed by atoms with E-state index in [1.807, 2.05) is 79.7 Å². The van der Waals surface area contributed by atoms with Gasteiger partial charge in [-0.05, 0) is 41.7 Å². The largest absolute Gasteiger partial charge is 0.341 e. The molecule has 0 fully saturated rings. The molecule has 2 N–H and O–H groups in total. The minimum absolute atomic E-state index is 0.0388. The number of hydrogen-bond acceptors (Lipinski definition) is 3. The maximum absolute atomic E-state index is 12.9. The van der Waals surface area contributed by atoms with Gasteiger partial charge in [0.15, 0.2) is 0 Å². The summed E-state index contributed by atoms with van der Waals surface area (Å²) in [7, 11) is 0. The van der Waals surface area contributed by atoms with Crippen molar-refractivity contribution in [3.8, 4) is 17.2 Å². The molecule has 0 aliphatic carbocycles. The second kappa shape index (κ2) is 11.1. The van der Waals surface area contributed by atoms with Gasteiger partial charge in [0.2, 0.25) is 5.91 Å². The van der Waals surface area contributed by atoms with E-state index in [1.165, 1.54) is 0 Å². The van der Waals surface area contributed by atoms with Crippen molar-refractivity contribution in [1.29, 1.82) is 5.26 Å². The summed E-state index contributed by atoms with van der Waals surface area (Å²) in [6.07, 6.45) is 0.407. The van der Waals surface area contributed by atoms with Gasteiger partial charge in [0, 0.05) is 16.1 Å². The van der Waals surface area contributed by atoms with Crippen molar-refractivity contribution in [3.05, 3.63) is 95.0 Å². The highest BCUT2D eigenvalue weighted by Gasteiger charge is 2.24. The zero-order chi connectivity index (χ0) is 22.9. The third-order valence-electron chi connectivity index (χ3n) is 5.25. The summed E-state index contributed by atoms with van der Waals surface area (Å²) in [5, 5.41) is 14.8. The van der Waals surface area contributed by atoms with Crippen LogP contribution in [-0.2, 0) is 4.79 Å². The Labute approximate surface area is 193 Å². The van der Waals surface area contributed by atoms with E-state index in [-0.39, 0.29) is 24.3 Å². The minimum atomic E-state index is -0.769. The lowest BCUT2D eigenvalue weighted by molar-refractivity contribution is -0.123. The van der Waals surface area contributed by atoms with Crippen LogP contribution in [0.25, 0.3) is 11.1 Å². The first kappa shape index (κ1) is 23.1. The van der Waals surface area contributed by atoms with Gasteiger partial charge in [-0.25, -0.2) is 0 Å². The number of nitriles is 1. The molecule has 0 saturated heterocycles. The lowest BCUT2D eigenvalue weighted by Gasteiger charge is -2.22. The van der Waals surface area contributed by atoms with Crippen molar-refractivity contribution in [2.75, 3.05) is 6.54 Å². The summed E-state index contributed by atoms with van der Waals surface area (Å²) >= 11 is 6.26. The van der Waals surface area contributed by atoms with Gasteiger partial charge in [0.05, 0.1) is 6.07 Å². The van der Waals surface area contributed by atoms with E-state index < -0.39 is 6.04 Å². The molecule has 0 bridgehead atoms. The molecule has 0 aliphatic rings. The molecule has 0 spiro atoms. The number of amides is 2. The van der Waals surface area contributed by atoms with Gasteiger partial charge in [-0.1, -0.05) is 79.2 Å². The summed E-state index contributed by atoms with van der Waals surface area (Å²) in [6.45, 7) is 1.89. The molecule has 3 rings (SSSR count). The predicted octanol–water partition coefficient (Wildman–Crippen LogP) is 4.94. The maximum Gasteiger partial charge on any atom is 0.251 e. The van der Waals surface area contributed by atoms with Crippen LogP contribution in [0, 0.1) is 11.3 Å². The molecule has 0 saturated carbocycles. The molecule has 0 aromatic heterocycles. The molecule has 32 heavy (non-hydrogen) atoms. The number of nitrogens with zero attached hydrogens (tertiary/aromatic N) is 1. The van der Waals surface area contributed by atoms with Crippen molar-refractivity contribution in [3.63, 3.8) is 0 Å².